The molecule has 2 amide bonds. The smallest absolute Gasteiger partial charge is 0.328 e. The Kier molecular flexibility index (Phi) is 5.20. The Hall–Kier alpha value is -3.33. The monoisotopic (exact) mass is 470 g/mol. The van der Waals surface area contributed by atoms with Crippen molar-refractivity contribution in [3.05, 3.63) is 59.2 Å². The zero-order chi connectivity index (χ0) is 24.3. The second kappa shape index (κ2) is 7.87. The van der Waals surface area contributed by atoms with E-state index < -0.39 is 35.2 Å². The first-order chi connectivity index (χ1) is 16.2. The first-order valence-electron chi connectivity index (χ1n) is 11.2. The molecule has 5 rings (SSSR count). The van der Waals surface area contributed by atoms with Crippen molar-refractivity contribution in [1.82, 2.24) is 10.2 Å². The number of carbonyl (C=O) groups is 3. The number of nitrogens with zero attached hydrogens (tertiary/aromatic N) is 1. The van der Waals surface area contributed by atoms with Gasteiger partial charge in [0.25, 0.3) is 11.8 Å². The topological polar surface area (TPSA) is 95.9 Å². The van der Waals surface area contributed by atoms with Crippen LogP contribution in [0.1, 0.15) is 41.3 Å². The molecular weight excluding hydrogens is 446 g/mol. The fraction of sp³-hybridized carbons (Fsp3) is 0.400. The van der Waals surface area contributed by atoms with Crippen LogP contribution in [0.4, 0.5) is 8.78 Å². The van der Waals surface area contributed by atoms with Gasteiger partial charge in [0.1, 0.15) is 6.04 Å². The highest BCUT2D eigenvalue weighted by Crippen LogP contribution is 2.59. The van der Waals surface area contributed by atoms with Crippen molar-refractivity contribution in [2.24, 2.45) is 5.41 Å². The third kappa shape index (κ3) is 3.29. The predicted octanol–water partition coefficient (Wildman–Crippen LogP) is 2.45. The number of aliphatic hydroxyl groups excluding tert-OH is 1. The molecule has 3 aliphatic rings. The molecule has 0 spiro atoms. The summed E-state index contributed by atoms with van der Waals surface area (Å²) in [5, 5.41) is 12.3. The maximum Gasteiger partial charge on any atom is 0.328 e. The second-order valence-corrected chi connectivity index (χ2v) is 9.08. The second-order valence-electron chi connectivity index (χ2n) is 9.08. The minimum absolute atomic E-state index is 0.103. The molecule has 3 atom stereocenters. The molecule has 34 heavy (non-hydrogen) atoms. The first-order valence-corrected chi connectivity index (χ1v) is 11.2. The van der Waals surface area contributed by atoms with E-state index in [9.17, 15) is 28.3 Å². The summed E-state index contributed by atoms with van der Waals surface area (Å²) in [5.41, 5.74) is 0.0520. The van der Waals surface area contributed by atoms with Gasteiger partial charge in [0.05, 0.1) is 19.8 Å². The van der Waals surface area contributed by atoms with Crippen LogP contribution in [0.25, 0.3) is 11.1 Å². The number of rotatable bonds is 6. The van der Waals surface area contributed by atoms with Gasteiger partial charge in [-0.3, -0.25) is 9.59 Å². The molecule has 178 valence electrons. The molecule has 2 aromatic carbocycles. The maximum absolute atomic E-state index is 14.7. The number of benzene rings is 2. The lowest BCUT2D eigenvalue weighted by Crippen LogP contribution is -2.48. The molecule has 1 saturated carbocycles. The van der Waals surface area contributed by atoms with E-state index in [-0.39, 0.29) is 48.1 Å². The van der Waals surface area contributed by atoms with Crippen LogP contribution in [0.3, 0.4) is 0 Å². The number of hydrogen-bond donors (Lipinski definition) is 2. The summed E-state index contributed by atoms with van der Waals surface area (Å²) in [4.78, 5) is 39.5. The highest BCUT2D eigenvalue weighted by molar-refractivity contribution is 5.99. The van der Waals surface area contributed by atoms with Gasteiger partial charge in [0, 0.05) is 28.1 Å². The van der Waals surface area contributed by atoms with Crippen LogP contribution in [-0.2, 0) is 20.2 Å². The number of amides is 2. The van der Waals surface area contributed by atoms with E-state index in [1.807, 2.05) is 0 Å². The number of nitrogens with one attached hydrogen (secondary N) is 1. The maximum atomic E-state index is 14.7. The Labute approximate surface area is 194 Å². The van der Waals surface area contributed by atoms with Crippen molar-refractivity contribution >= 4 is 17.8 Å². The lowest BCUT2D eigenvalue weighted by Gasteiger charge is -2.26. The van der Waals surface area contributed by atoms with Gasteiger partial charge in [-0.2, -0.15) is 8.78 Å². The van der Waals surface area contributed by atoms with E-state index in [1.54, 1.807) is 25.1 Å². The van der Waals surface area contributed by atoms with Crippen LogP contribution in [0.2, 0.25) is 0 Å². The minimum Gasteiger partial charge on any atom is -0.464 e. The summed E-state index contributed by atoms with van der Waals surface area (Å²) in [6, 6.07) is 9.06. The summed E-state index contributed by atoms with van der Waals surface area (Å²) in [7, 11) is 0. The lowest BCUT2D eigenvalue weighted by atomic mass is 10.0. The number of carbonyl (C=O) groups excluding carboxylic acids is 3. The molecular formula is C25H24F2N2O5. The van der Waals surface area contributed by atoms with Crippen LogP contribution in [0, 0.1) is 5.41 Å². The number of ether oxygens (including phenoxy) is 1. The van der Waals surface area contributed by atoms with Crippen LogP contribution < -0.4 is 5.32 Å². The number of hydrogen-bond acceptors (Lipinski definition) is 5. The fourth-order valence-electron chi connectivity index (χ4n) is 5.33. The van der Waals surface area contributed by atoms with Crippen molar-refractivity contribution in [3.63, 3.8) is 0 Å². The van der Waals surface area contributed by atoms with Crippen molar-refractivity contribution in [2.45, 2.75) is 37.8 Å². The molecule has 0 unspecified atom stereocenters. The number of esters is 1. The Balaban J connectivity index is 1.31. The summed E-state index contributed by atoms with van der Waals surface area (Å²) < 4.78 is 34.6. The fourth-order valence-corrected chi connectivity index (χ4v) is 5.33. The van der Waals surface area contributed by atoms with Crippen LogP contribution in [0.15, 0.2) is 42.5 Å². The zero-order valence-corrected chi connectivity index (χ0v) is 18.5. The summed E-state index contributed by atoms with van der Waals surface area (Å²) in [6.45, 7) is 1.35. The van der Waals surface area contributed by atoms with E-state index in [2.05, 4.69) is 5.32 Å². The summed E-state index contributed by atoms with van der Waals surface area (Å²) in [6.07, 6.45) is 0.919. The van der Waals surface area contributed by atoms with Gasteiger partial charge < -0.3 is 20.1 Å². The molecule has 2 aromatic rings. The van der Waals surface area contributed by atoms with Crippen molar-refractivity contribution in [1.29, 1.82) is 0 Å². The third-order valence-electron chi connectivity index (χ3n) is 7.16. The molecule has 1 saturated heterocycles. The normalized spacial score (nSPS) is 25.2. The molecule has 1 heterocycles. The quantitative estimate of drug-likeness (QED) is 0.633. The molecule has 2 fully saturated rings. The molecule has 0 bridgehead atoms. The molecule has 1 aliphatic heterocycles. The zero-order valence-electron chi connectivity index (χ0n) is 18.5. The van der Waals surface area contributed by atoms with Crippen molar-refractivity contribution in [2.75, 3.05) is 19.8 Å². The van der Waals surface area contributed by atoms with E-state index in [0.717, 1.165) is 0 Å². The van der Waals surface area contributed by atoms with Gasteiger partial charge in [-0.1, -0.05) is 30.3 Å². The van der Waals surface area contributed by atoms with Gasteiger partial charge in [0.2, 0.25) is 5.91 Å². The van der Waals surface area contributed by atoms with Crippen LogP contribution in [-0.4, -0.2) is 59.6 Å². The minimum atomic E-state index is -3.14. The predicted molar refractivity (Wildman–Crippen MR) is 117 cm³/mol. The Morgan fingerprint density at radius 1 is 1.12 bits per heavy atom. The highest BCUT2D eigenvalue weighted by Gasteiger charge is 2.67. The average Bonchev–Trinajstić information content (AvgIpc) is 3.38. The molecule has 2 N–H and O–H groups in total. The standard InChI is InChI=1S/C25H24F2N2O5/c1-2-34-23(33)19-10-24(13-30)11-20(24)29(19)21(31)12-28-22(32)14-7-8-18-16(9-14)15-5-3-4-6-17(15)25(18,26)27/h3-9,19-20,30H,2,10-13H2,1H3,(H,28,32)/t19-,20-,24+/m0/s1. The Bertz CT molecular complexity index is 1200. The van der Waals surface area contributed by atoms with Crippen LogP contribution in [0.5, 0.6) is 0 Å². The molecule has 2 aliphatic carbocycles. The summed E-state index contributed by atoms with van der Waals surface area (Å²) in [5.74, 6) is -4.71. The molecule has 9 heteroatoms. The first kappa shape index (κ1) is 22.5. The van der Waals surface area contributed by atoms with E-state index in [1.165, 1.54) is 29.2 Å². The Morgan fingerprint density at radius 3 is 2.59 bits per heavy atom. The van der Waals surface area contributed by atoms with Crippen LogP contribution >= 0.6 is 0 Å². The van der Waals surface area contributed by atoms with Gasteiger partial charge in [-0.05, 0) is 43.0 Å². The average molecular weight is 470 g/mol. The number of piperidine rings is 1. The van der Waals surface area contributed by atoms with Gasteiger partial charge in [-0.15, -0.1) is 0 Å². The Morgan fingerprint density at radius 2 is 1.85 bits per heavy atom. The number of aliphatic hydroxyl groups is 1. The number of alkyl halides is 2. The van der Waals surface area contributed by atoms with Crippen molar-refractivity contribution in [3.8, 4) is 11.1 Å². The van der Waals surface area contributed by atoms with E-state index >= 15 is 0 Å². The molecule has 7 nitrogen and oxygen atoms in total. The van der Waals surface area contributed by atoms with Gasteiger partial charge in [-0.25, -0.2) is 4.79 Å². The van der Waals surface area contributed by atoms with Gasteiger partial charge in [0.15, 0.2) is 0 Å². The number of halogens is 2. The summed E-state index contributed by atoms with van der Waals surface area (Å²) >= 11 is 0. The number of fused-ring (bicyclic) bond motifs is 4. The largest absolute Gasteiger partial charge is 0.464 e. The third-order valence-corrected chi connectivity index (χ3v) is 7.16. The molecule has 0 radical (unpaired) electrons. The van der Waals surface area contributed by atoms with E-state index in [0.29, 0.717) is 18.4 Å². The van der Waals surface area contributed by atoms with Crippen molar-refractivity contribution < 1.29 is 33.0 Å². The van der Waals surface area contributed by atoms with E-state index in [4.69, 9.17) is 4.74 Å². The highest BCUT2D eigenvalue weighted by atomic mass is 19.3. The molecule has 0 aromatic heterocycles. The van der Waals surface area contributed by atoms with Gasteiger partial charge >= 0.3 is 5.97 Å². The number of likely N-dealkylation sites (tertiary alicyclic amines) is 1. The SMILES string of the molecule is CCOC(=O)[C@@H]1C[C@]2(CO)C[C@@H]2N1C(=O)CNC(=O)c1ccc2c(c1)-c1ccccc1C2(F)F. The lowest BCUT2D eigenvalue weighted by molar-refractivity contribution is -0.153.